The van der Waals surface area contributed by atoms with E-state index in [2.05, 4.69) is 24.1 Å². The van der Waals surface area contributed by atoms with Crippen LogP contribution in [0.2, 0.25) is 5.02 Å². The third-order valence-electron chi connectivity index (χ3n) is 2.75. The van der Waals surface area contributed by atoms with Crippen LogP contribution in [0.25, 0.3) is 0 Å². The molecule has 0 spiro atoms. The number of nitrogens with zero attached hydrogens (tertiary/aromatic N) is 1. The van der Waals surface area contributed by atoms with Crippen LogP contribution >= 0.6 is 11.6 Å². The van der Waals surface area contributed by atoms with Crippen LogP contribution in [0.1, 0.15) is 19.5 Å². The smallest absolute Gasteiger partial charge is 0.219 e. The Morgan fingerprint density at radius 1 is 1.29 bits per heavy atom. The van der Waals surface area contributed by atoms with Gasteiger partial charge in [-0.2, -0.15) is 0 Å². The zero-order chi connectivity index (χ0) is 15.2. The van der Waals surface area contributed by atoms with Crippen molar-refractivity contribution in [2.45, 2.75) is 20.4 Å². The van der Waals surface area contributed by atoms with E-state index in [4.69, 9.17) is 16.3 Å². The van der Waals surface area contributed by atoms with Gasteiger partial charge in [0, 0.05) is 18.7 Å². The Morgan fingerprint density at radius 3 is 2.81 bits per heavy atom. The molecule has 0 aliphatic rings. The Morgan fingerprint density at radius 2 is 2.10 bits per heavy atom. The summed E-state index contributed by atoms with van der Waals surface area (Å²) in [5.41, 5.74) is 0.877. The third kappa shape index (κ3) is 4.99. The lowest BCUT2D eigenvalue weighted by Crippen LogP contribution is -2.19. The predicted octanol–water partition coefficient (Wildman–Crippen LogP) is 4.41. The molecule has 0 aliphatic heterocycles. The molecule has 0 saturated heterocycles. The van der Waals surface area contributed by atoms with Crippen molar-refractivity contribution in [3.8, 4) is 11.6 Å². The molecule has 0 fully saturated rings. The van der Waals surface area contributed by atoms with Gasteiger partial charge in [-0.1, -0.05) is 31.5 Å². The van der Waals surface area contributed by atoms with Gasteiger partial charge < -0.3 is 10.1 Å². The molecule has 0 amide bonds. The Hall–Kier alpha value is -1.65. The molecule has 112 valence electrons. The lowest BCUT2D eigenvalue weighted by molar-refractivity contribution is 0.454. The number of aromatic nitrogens is 1. The van der Waals surface area contributed by atoms with Crippen LogP contribution in [-0.2, 0) is 6.54 Å². The minimum absolute atomic E-state index is 0.0712. The van der Waals surface area contributed by atoms with E-state index >= 15 is 0 Å². The first-order valence-corrected chi connectivity index (χ1v) is 7.22. The van der Waals surface area contributed by atoms with Crippen LogP contribution in [-0.4, -0.2) is 11.5 Å². The first kappa shape index (κ1) is 15.7. The van der Waals surface area contributed by atoms with E-state index < -0.39 is 5.82 Å². The van der Waals surface area contributed by atoms with E-state index in [1.165, 1.54) is 12.1 Å². The summed E-state index contributed by atoms with van der Waals surface area (Å²) in [5, 5.41) is 3.38. The van der Waals surface area contributed by atoms with Gasteiger partial charge in [-0.3, -0.25) is 0 Å². The molecule has 2 aromatic rings. The largest absolute Gasteiger partial charge is 0.439 e. The molecule has 5 heteroatoms. The Bertz CT molecular complexity index is 605. The highest BCUT2D eigenvalue weighted by atomic mass is 35.5. The van der Waals surface area contributed by atoms with E-state index in [9.17, 15) is 4.39 Å². The molecule has 0 aliphatic carbocycles. The highest BCUT2D eigenvalue weighted by Crippen LogP contribution is 2.24. The molecular formula is C16H18ClFN2O. The number of pyridine rings is 1. The lowest BCUT2D eigenvalue weighted by Gasteiger charge is -2.09. The van der Waals surface area contributed by atoms with Crippen molar-refractivity contribution in [3.05, 3.63) is 52.9 Å². The van der Waals surface area contributed by atoms with Gasteiger partial charge in [0.05, 0.1) is 10.7 Å². The van der Waals surface area contributed by atoms with Gasteiger partial charge in [-0.05, 0) is 30.7 Å². The summed E-state index contributed by atoms with van der Waals surface area (Å²) in [5.74, 6) is 0.877. The maximum Gasteiger partial charge on any atom is 0.219 e. The van der Waals surface area contributed by atoms with Crippen molar-refractivity contribution in [1.29, 1.82) is 0 Å². The zero-order valence-corrected chi connectivity index (χ0v) is 12.8. The number of ether oxygens (including phenoxy) is 1. The average Bonchev–Trinajstić information content (AvgIpc) is 2.43. The Balaban J connectivity index is 2.01. The van der Waals surface area contributed by atoms with E-state index in [-0.39, 0.29) is 5.02 Å². The third-order valence-corrected chi connectivity index (χ3v) is 3.06. The topological polar surface area (TPSA) is 34.1 Å². The highest BCUT2D eigenvalue weighted by Gasteiger charge is 2.05. The van der Waals surface area contributed by atoms with Crippen LogP contribution in [0.4, 0.5) is 4.39 Å². The molecule has 0 bridgehead atoms. The standard InChI is InChI=1S/C16H18ClFN2O/c1-11(2)9-19-10-12-4-3-5-16(20-12)21-13-6-7-14(17)15(18)8-13/h3-8,11,19H,9-10H2,1-2H3. The molecule has 0 unspecified atom stereocenters. The second-order valence-electron chi connectivity index (χ2n) is 5.17. The fraction of sp³-hybridized carbons (Fsp3) is 0.312. The summed E-state index contributed by atoms with van der Waals surface area (Å²) in [6.45, 7) is 5.89. The number of hydrogen-bond donors (Lipinski definition) is 1. The Kier molecular flexibility index (Phi) is 5.53. The van der Waals surface area contributed by atoms with Crippen LogP contribution in [0, 0.1) is 11.7 Å². The second kappa shape index (κ2) is 7.38. The number of nitrogens with one attached hydrogen (secondary N) is 1. The maximum atomic E-state index is 13.4. The molecule has 2 rings (SSSR count). The molecule has 1 aromatic carbocycles. The maximum absolute atomic E-state index is 13.4. The second-order valence-corrected chi connectivity index (χ2v) is 5.58. The molecule has 1 aromatic heterocycles. The number of rotatable bonds is 6. The summed E-state index contributed by atoms with van der Waals surface area (Å²) in [6, 6.07) is 9.83. The summed E-state index contributed by atoms with van der Waals surface area (Å²) >= 11 is 5.64. The number of hydrogen-bond acceptors (Lipinski definition) is 3. The van der Waals surface area contributed by atoms with Crippen LogP contribution in [0.3, 0.4) is 0 Å². The van der Waals surface area contributed by atoms with Crippen molar-refractivity contribution >= 4 is 11.6 Å². The fourth-order valence-corrected chi connectivity index (χ4v) is 1.88. The van der Waals surface area contributed by atoms with Gasteiger partial charge in [0.2, 0.25) is 5.88 Å². The highest BCUT2D eigenvalue weighted by molar-refractivity contribution is 6.30. The summed E-state index contributed by atoms with van der Waals surface area (Å²) in [6.07, 6.45) is 0. The summed E-state index contributed by atoms with van der Waals surface area (Å²) in [4.78, 5) is 4.38. The van der Waals surface area contributed by atoms with E-state index in [1.54, 1.807) is 12.1 Å². The average molecular weight is 309 g/mol. The number of benzene rings is 1. The van der Waals surface area contributed by atoms with E-state index in [0.29, 0.717) is 24.1 Å². The first-order valence-electron chi connectivity index (χ1n) is 6.84. The summed E-state index contributed by atoms with van der Waals surface area (Å²) < 4.78 is 18.9. The molecule has 1 N–H and O–H groups in total. The molecule has 0 atom stereocenters. The van der Waals surface area contributed by atoms with Crippen molar-refractivity contribution in [2.24, 2.45) is 5.92 Å². The molecular weight excluding hydrogens is 291 g/mol. The molecule has 21 heavy (non-hydrogen) atoms. The van der Waals surface area contributed by atoms with Crippen LogP contribution < -0.4 is 10.1 Å². The van der Waals surface area contributed by atoms with Gasteiger partial charge in [0.15, 0.2) is 0 Å². The molecule has 3 nitrogen and oxygen atoms in total. The normalized spacial score (nSPS) is 10.9. The van der Waals surface area contributed by atoms with Crippen molar-refractivity contribution in [2.75, 3.05) is 6.54 Å². The zero-order valence-electron chi connectivity index (χ0n) is 12.1. The minimum atomic E-state index is -0.510. The summed E-state index contributed by atoms with van der Waals surface area (Å²) in [7, 11) is 0. The van der Waals surface area contributed by atoms with Crippen LogP contribution in [0.15, 0.2) is 36.4 Å². The monoisotopic (exact) mass is 308 g/mol. The Labute approximate surface area is 129 Å². The molecule has 0 radical (unpaired) electrons. The molecule has 0 saturated carbocycles. The van der Waals surface area contributed by atoms with E-state index in [1.807, 2.05) is 12.1 Å². The number of halogens is 2. The van der Waals surface area contributed by atoms with Gasteiger partial charge >= 0.3 is 0 Å². The fourth-order valence-electron chi connectivity index (χ4n) is 1.76. The minimum Gasteiger partial charge on any atom is -0.439 e. The van der Waals surface area contributed by atoms with Crippen molar-refractivity contribution in [3.63, 3.8) is 0 Å². The van der Waals surface area contributed by atoms with Crippen molar-refractivity contribution < 1.29 is 9.13 Å². The van der Waals surface area contributed by atoms with Crippen molar-refractivity contribution in [1.82, 2.24) is 10.3 Å². The SMILES string of the molecule is CC(C)CNCc1cccc(Oc2ccc(Cl)c(F)c2)n1. The van der Waals surface area contributed by atoms with E-state index in [0.717, 1.165) is 12.2 Å². The van der Waals surface area contributed by atoms with Crippen LogP contribution in [0.5, 0.6) is 11.6 Å². The quantitative estimate of drug-likeness (QED) is 0.858. The van der Waals surface area contributed by atoms with Gasteiger partial charge in [-0.15, -0.1) is 0 Å². The lowest BCUT2D eigenvalue weighted by atomic mass is 10.2. The van der Waals surface area contributed by atoms with Gasteiger partial charge in [-0.25, -0.2) is 9.37 Å². The first-order chi connectivity index (χ1) is 10.0. The predicted molar refractivity (Wildman–Crippen MR) is 82.3 cm³/mol. The van der Waals surface area contributed by atoms with Gasteiger partial charge in [0.1, 0.15) is 11.6 Å². The van der Waals surface area contributed by atoms with Gasteiger partial charge in [0.25, 0.3) is 0 Å². The molecule has 1 heterocycles.